The predicted octanol–water partition coefficient (Wildman–Crippen LogP) is 1.78. The molecule has 1 N–H and O–H groups in total. The Balaban J connectivity index is 2.04. The third kappa shape index (κ3) is 6.65. The van der Waals surface area contributed by atoms with Crippen LogP contribution in [-0.2, 0) is 14.8 Å². The largest absolute Gasteiger partial charge is 0.274 e. The highest BCUT2D eigenvalue weighted by Gasteiger charge is 2.16. The zero-order valence-corrected chi connectivity index (χ0v) is 11.7. The van der Waals surface area contributed by atoms with Gasteiger partial charge in [-0.25, -0.2) is 8.42 Å². The van der Waals surface area contributed by atoms with Crippen LogP contribution in [0.1, 0.15) is 32.1 Å². The standard InChI is InChI=1S/C9H17NO3S3/c1-16(12,13)10-9(11)5-3-2-4-8-6-7-14-15-8/h8H,2-7H2,1H3,(H,10,11)/t8-/m1/s1. The molecule has 94 valence electrons. The molecule has 0 aromatic heterocycles. The summed E-state index contributed by atoms with van der Waals surface area (Å²) in [5, 5.41) is 0.725. The van der Waals surface area contributed by atoms with Gasteiger partial charge >= 0.3 is 0 Å². The fourth-order valence-electron chi connectivity index (χ4n) is 1.48. The molecule has 4 nitrogen and oxygen atoms in total. The Hall–Kier alpha value is 0.120. The van der Waals surface area contributed by atoms with Crippen LogP contribution in [0.3, 0.4) is 0 Å². The molecule has 1 amide bonds. The molecule has 1 fully saturated rings. The molecule has 1 aliphatic rings. The maximum absolute atomic E-state index is 11.2. The lowest BCUT2D eigenvalue weighted by Crippen LogP contribution is -2.28. The van der Waals surface area contributed by atoms with Crippen molar-refractivity contribution >= 4 is 37.5 Å². The molecule has 0 spiro atoms. The van der Waals surface area contributed by atoms with Crippen LogP contribution in [0.2, 0.25) is 0 Å². The average Bonchev–Trinajstić information content (AvgIpc) is 2.62. The molecular formula is C9H17NO3S3. The summed E-state index contributed by atoms with van der Waals surface area (Å²) >= 11 is 0. The van der Waals surface area contributed by atoms with E-state index in [1.807, 2.05) is 26.3 Å². The van der Waals surface area contributed by atoms with Gasteiger partial charge < -0.3 is 0 Å². The lowest BCUT2D eigenvalue weighted by molar-refractivity contribution is -0.119. The Morgan fingerprint density at radius 2 is 2.19 bits per heavy atom. The second-order valence-corrected chi connectivity index (χ2v) is 8.41. The number of sulfonamides is 1. The fourth-order valence-corrected chi connectivity index (χ4v) is 5.02. The summed E-state index contributed by atoms with van der Waals surface area (Å²) in [6.45, 7) is 0. The molecule has 7 heteroatoms. The lowest BCUT2D eigenvalue weighted by atomic mass is 10.1. The van der Waals surface area contributed by atoms with E-state index in [1.165, 1.54) is 12.2 Å². The van der Waals surface area contributed by atoms with Crippen molar-refractivity contribution in [1.29, 1.82) is 0 Å². The molecule has 0 saturated carbocycles. The molecule has 1 atom stereocenters. The van der Waals surface area contributed by atoms with Gasteiger partial charge in [-0.05, 0) is 19.3 Å². The van der Waals surface area contributed by atoms with Gasteiger partial charge in [0.2, 0.25) is 15.9 Å². The van der Waals surface area contributed by atoms with Crippen LogP contribution in [-0.4, -0.2) is 31.6 Å². The minimum atomic E-state index is -3.38. The first-order valence-corrected chi connectivity index (χ1v) is 9.53. The van der Waals surface area contributed by atoms with Gasteiger partial charge in [0.25, 0.3) is 0 Å². The van der Waals surface area contributed by atoms with Crippen molar-refractivity contribution in [2.45, 2.75) is 37.4 Å². The first kappa shape index (κ1) is 14.2. The minimum absolute atomic E-state index is 0.303. The van der Waals surface area contributed by atoms with Crippen LogP contribution in [0.5, 0.6) is 0 Å². The summed E-state index contributed by atoms with van der Waals surface area (Å²) in [5.74, 6) is 0.833. The molecule has 0 aromatic carbocycles. The van der Waals surface area contributed by atoms with E-state index >= 15 is 0 Å². The molecule has 0 aliphatic carbocycles. The van der Waals surface area contributed by atoms with E-state index in [2.05, 4.69) is 0 Å². The molecule has 1 aliphatic heterocycles. The van der Waals surface area contributed by atoms with Gasteiger partial charge in [0.15, 0.2) is 0 Å². The summed E-state index contributed by atoms with van der Waals surface area (Å²) in [4.78, 5) is 11.2. The number of nitrogens with one attached hydrogen (secondary N) is 1. The fraction of sp³-hybridized carbons (Fsp3) is 0.889. The third-order valence-electron chi connectivity index (χ3n) is 2.21. The van der Waals surface area contributed by atoms with E-state index in [0.717, 1.165) is 30.8 Å². The highest BCUT2D eigenvalue weighted by molar-refractivity contribution is 8.77. The van der Waals surface area contributed by atoms with Gasteiger partial charge in [-0.3, -0.25) is 9.52 Å². The summed E-state index contributed by atoms with van der Waals surface area (Å²) in [5.41, 5.74) is 0. The van der Waals surface area contributed by atoms with E-state index in [-0.39, 0.29) is 0 Å². The number of hydrogen-bond donors (Lipinski definition) is 1. The Morgan fingerprint density at radius 1 is 1.44 bits per heavy atom. The number of rotatable bonds is 6. The first-order chi connectivity index (χ1) is 7.47. The Kier molecular flexibility index (Phi) is 5.99. The van der Waals surface area contributed by atoms with E-state index in [1.54, 1.807) is 0 Å². The molecule has 0 radical (unpaired) electrons. The second-order valence-electron chi connectivity index (χ2n) is 3.87. The Morgan fingerprint density at radius 3 is 2.75 bits per heavy atom. The van der Waals surface area contributed by atoms with Gasteiger partial charge in [0.05, 0.1) is 6.26 Å². The van der Waals surface area contributed by atoms with Crippen molar-refractivity contribution < 1.29 is 13.2 Å². The van der Waals surface area contributed by atoms with Crippen LogP contribution < -0.4 is 4.72 Å². The number of carbonyl (C=O) groups is 1. The Labute approximate surface area is 105 Å². The van der Waals surface area contributed by atoms with Crippen molar-refractivity contribution in [2.24, 2.45) is 0 Å². The van der Waals surface area contributed by atoms with Crippen LogP contribution in [0.15, 0.2) is 0 Å². The molecule has 1 rings (SSSR count). The molecule has 1 heterocycles. The SMILES string of the molecule is CS(=O)(=O)NC(=O)CCCC[C@@H]1CCSS1. The maximum atomic E-state index is 11.2. The van der Waals surface area contributed by atoms with Gasteiger partial charge in [0.1, 0.15) is 0 Å². The minimum Gasteiger partial charge on any atom is -0.274 e. The zero-order chi connectivity index (χ0) is 12.0. The summed E-state index contributed by atoms with van der Waals surface area (Å²) in [6, 6.07) is 0. The van der Waals surface area contributed by atoms with E-state index in [9.17, 15) is 13.2 Å². The van der Waals surface area contributed by atoms with Gasteiger partial charge in [0, 0.05) is 17.4 Å². The van der Waals surface area contributed by atoms with E-state index in [0.29, 0.717) is 6.42 Å². The summed E-state index contributed by atoms with van der Waals surface area (Å²) in [7, 11) is 0.461. The summed E-state index contributed by atoms with van der Waals surface area (Å²) in [6.07, 6.45) is 5.45. The van der Waals surface area contributed by atoms with E-state index in [4.69, 9.17) is 0 Å². The van der Waals surface area contributed by atoms with Crippen molar-refractivity contribution in [1.82, 2.24) is 4.72 Å². The zero-order valence-electron chi connectivity index (χ0n) is 9.27. The van der Waals surface area contributed by atoms with Crippen LogP contribution in [0.25, 0.3) is 0 Å². The van der Waals surface area contributed by atoms with Crippen LogP contribution >= 0.6 is 21.6 Å². The number of unbranched alkanes of at least 4 members (excludes halogenated alkanes) is 1. The smallest absolute Gasteiger partial charge is 0.233 e. The van der Waals surface area contributed by atoms with Crippen LogP contribution in [0, 0.1) is 0 Å². The highest BCUT2D eigenvalue weighted by Crippen LogP contribution is 2.39. The third-order valence-corrected chi connectivity index (χ3v) is 5.81. The number of carbonyl (C=O) groups excluding carboxylic acids is 1. The van der Waals surface area contributed by atoms with Crippen molar-refractivity contribution in [3.05, 3.63) is 0 Å². The molecule has 0 bridgehead atoms. The normalized spacial score (nSPS) is 20.9. The van der Waals surface area contributed by atoms with Crippen LogP contribution in [0.4, 0.5) is 0 Å². The van der Waals surface area contributed by atoms with Gasteiger partial charge in [-0.15, -0.1) is 0 Å². The van der Waals surface area contributed by atoms with E-state index < -0.39 is 15.9 Å². The molecule has 0 aromatic rings. The highest BCUT2D eigenvalue weighted by atomic mass is 33.1. The molecular weight excluding hydrogens is 266 g/mol. The topological polar surface area (TPSA) is 63.2 Å². The van der Waals surface area contributed by atoms with Gasteiger partial charge in [-0.1, -0.05) is 28.0 Å². The molecule has 16 heavy (non-hydrogen) atoms. The summed E-state index contributed by atoms with van der Waals surface area (Å²) < 4.78 is 23.5. The average molecular weight is 283 g/mol. The Bertz CT molecular complexity index is 323. The second kappa shape index (κ2) is 6.76. The number of hydrogen-bond acceptors (Lipinski definition) is 5. The monoisotopic (exact) mass is 283 g/mol. The first-order valence-electron chi connectivity index (χ1n) is 5.26. The number of amides is 1. The van der Waals surface area contributed by atoms with Crippen molar-refractivity contribution in [3.8, 4) is 0 Å². The molecule has 0 unspecified atom stereocenters. The maximum Gasteiger partial charge on any atom is 0.233 e. The predicted molar refractivity (Wildman–Crippen MR) is 69.9 cm³/mol. The van der Waals surface area contributed by atoms with Crippen molar-refractivity contribution in [3.63, 3.8) is 0 Å². The lowest BCUT2D eigenvalue weighted by Gasteiger charge is -2.06. The molecule has 1 saturated heterocycles. The van der Waals surface area contributed by atoms with Gasteiger partial charge in [-0.2, -0.15) is 0 Å². The van der Waals surface area contributed by atoms with Crippen molar-refractivity contribution in [2.75, 3.05) is 12.0 Å². The quantitative estimate of drug-likeness (QED) is 0.594.